The van der Waals surface area contributed by atoms with Crippen molar-refractivity contribution in [1.29, 1.82) is 0 Å². The maximum Gasteiger partial charge on any atom is 0.237 e. The number of hydrogen-bond acceptors (Lipinski definition) is 9. The fourth-order valence-electron chi connectivity index (χ4n) is 12.0. The van der Waals surface area contributed by atoms with Crippen molar-refractivity contribution in [2.24, 2.45) is 52.3 Å². The van der Waals surface area contributed by atoms with E-state index in [1.54, 1.807) is 21.3 Å². The summed E-state index contributed by atoms with van der Waals surface area (Å²) in [6, 6.07) is 18.1. The highest BCUT2D eigenvalue weighted by Crippen LogP contribution is 2.65. The van der Waals surface area contributed by atoms with Crippen LogP contribution in [0.5, 0.6) is 0 Å². The molecule has 2 aromatic carbocycles. The topological polar surface area (TPSA) is 148 Å². The van der Waals surface area contributed by atoms with E-state index < -0.39 is 39.4 Å². The number of ketones is 2. The number of carbonyl (C=O) groups excluding carboxylic acids is 4. The second-order valence-electron chi connectivity index (χ2n) is 21.3. The van der Waals surface area contributed by atoms with Crippen LogP contribution in [0.3, 0.4) is 0 Å². The Morgan fingerprint density at radius 3 is 2.02 bits per heavy atom. The number of ether oxygens (including phenoxy) is 2. The standard InChI is InChI=1S/C54H83N3O8S/c1-12-38(7)54(32-43(54)28-37(6)50(60)48(35(2)3)56-52(61)49(55-9)36(4)5)46(64-10)29-47(59)57-27-19-24-44(57)51(65-11)39(8)45(58)26-25-42-31-53(42,30-40-20-15-13-16-21-40)34-66(62,63)33-41-22-17-14-18-23-41/h13-18,20-23,35-39,42-44,46,48-49,51,55H,12,19,24-34H2,1-11H3,(H,56,61)/t37?,38-,39-,42-,43-,44-,46+,48-,49-,51+,53-,54-/m0/s1. The molecule has 11 nitrogen and oxygen atoms in total. The summed E-state index contributed by atoms with van der Waals surface area (Å²) in [5.41, 5.74) is 1.21. The zero-order valence-electron chi connectivity index (χ0n) is 42.0. The number of sulfone groups is 1. The Labute approximate surface area is 397 Å². The van der Waals surface area contributed by atoms with Gasteiger partial charge in [0.05, 0.1) is 48.3 Å². The van der Waals surface area contributed by atoms with Crippen LogP contribution in [0.25, 0.3) is 0 Å². The number of likely N-dealkylation sites (tertiary alicyclic amines) is 1. The van der Waals surface area contributed by atoms with Gasteiger partial charge in [-0.05, 0) is 98.1 Å². The number of nitrogens with zero attached hydrogens (tertiary/aromatic N) is 1. The van der Waals surface area contributed by atoms with Crippen LogP contribution in [-0.4, -0.2) is 101 Å². The fourth-order valence-corrected chi connectivity index (χ4v) is 14.2. The van der Waals surface area contributed by atoms with E-state index in [2.05, 4.69) is 36.6 Å². The van der Waals surface area contributed by atoms with Crippen LogP contribution >= 0.6 is 0 Å². The Bertz CT molecular complexity index is 2030. The molecule has 12 atom stereocenters. The summed E-state index contributed by atoms with van der Waals surface area (Å²) in [4.78, 5) is 57.7. The Morgan fingerprint density at radius 1 is 0.833 bits per heavy atom. The fraction of sp³-hybridized carbons (Fsp3) is 0.704. The van der Waals surface area contributed by atoms with E-state index in [9.17, 15) is 27.6 Å². The first-order valence-electron chi connectivity index (χ1n) is 24.9. The van der Waals surface area contributed by atoms with Gasteiger partial charge in [-0.1, -0.05) is 122 Å². The first-order valence-corrected chi connectivity index (χ1v) is 26.8. The molecule has 1 aliphatic heterocycles. The van der Waals surface area contributed by atoms with Crippen molar-refractivity contribution in [3.63, 3.8) is 0 Å². The average molecular weight is 934 g/mol. The average Bonchev–Trinajstić information content (AvgIpc) is 4.10. The summed E-state index contributed by atoms with van der Waals surface area (Å²) in [6.45, 7) is 16.8. The van der Waals surface area contributed by atoms with Gasteiger partial charge >= 0.3 is 0 Å². The van der Waals surface area contributed by atoms with Gasteiger partial charge in [0.25, 0.3) is 0 Å². The number of carbonyl (C=O) groups is 4. The second kappa shape index (κ2) is 23.2. The molecule has 0 aromatic heterocycles. The maximum absolute atomic E-state index is 14.5. The number of Topliss-reactive ketones (excluding diaryl/α,β-unsaturated/α-hetero) is 2. The number of rotatable bonds is 28. The van der Waals surface area contributed by atoms with Crippen LogP contribution in [0.15, 0.2) is 60.7 Å². The van der Waals surface area contributed by atoms with Gasteiger partial charge in [0.2, 0.25) is 11.8 Å². The molecule has 1 saturated heterocycles. The molecule has 66 heavy (non-hydrogen) atoms. The van der Waals surface area contributed by atoms with Crippen molar-refractivity contribution in [3.8, 4) is 0 Å². The van der Waals surface area contributed by atoms with E-state index in [1.165, 1.54) is 0 Å². The van der Waals surface area contributed by atoms with Gasteiger partial charge in [0.1, 0.15) is 5.78 Å². The Hall–Kier alpha value is -3.45. The van der Waals surface area contributed by atoms with Crippen molar-refractivity contribution < 1.29 is 37.1 Å². The van der Waals surface area contributed by atoms with Crippen molar-refractivity contribution in [3.05, 3.63) is 71.8 Å². The molecule has 1 unspecified atom stereocenters. The van der Waals surface area contributed by atoms with Crippen LogP contribution in [0, 0.1) is 52.3 Å². The Kier molecular flexibility index (Phi) is 18.8. The van der Waals surface area contributed by atoms with Gasteiger partial charge in [0.15, 0.2) is 15.6 Å². The summed E-state index contributed by atoms with van der Waals surface area (Å²) in [5.74, 6) is -0.144. The number of nitrogens with one attached hydrogen (secondary N) is 2. The third-order valence-corrected chi connectivity index (χ3v) is 17.9. The summed E-state index contributed by atoms with van der Waals surface area (Å²) in [7, 11) is 1.67. The normalized spacial score (nSPS) is 26.0. The number of amides is 2. The molecule has 2 aromatic rings. The lowest BCUT2D eigenvalue weighted by molar-refractivity contribution is -0.143. The Balaban J connectivity index is 1.22. The molecule has 2 N–H and O–H groups in total. The quantitative estimate of drug-likeness (QED) is 0.0861. The molecule has 3 aliphatic rings. The number of benzene rings is 2. The highest BCUT2D eigenvalue weighted by Gasteiger charge is 2.62. The monoisotopic (exact) mass is 934 g/mol. The lowest BCUT2D eigenvalue weighted by atomic mass is 9.77. The van der Waals surface area contributed by atoms with Crippen molar-refractivity contribution in [2.45, 2.75) is 156 Å². The maximum atomic E-state index is 14.5. The van der Waals surface area contributed by atoms with E-state index >= 15 is 0 Å². The third kappa shape index (κ3) is 12.8. The molecular formula is C54H83N3O8S. The number of methoxy groups -OCH3 is 2. The van der Waals surface area contributed by atoms with Crippen LogP contribution in [0.2, 0.25) is 0 Å². The van der Waals surface area contributed by atoms with Gasteiger partial charge in [-0.15, -0.1) is 0 Å². The molecule has 2 saturated carbocycles. The first kappa shape index (κ1) is 53.5. The summed E-state index contributed by atoms with van der Waals surface area (Å²) in [6.07, 6.45) is 5.72. The number of hydrogen-bond donors (Lipinski definition) is 2. The lowest BCUT2D eigenvalue weighted by Gasteiger charge is -2.37. The van der Waals surface area contributed by atoms with E-state index in [-0.39, 0.29) is 94.4 Å². The van der Waals surface area contributed by atoms with E-state index in [0.29, 0.717) is 32.2 Å². The van der Waals surface area contributed by atoms with Crippen molar-refractivity contribution in [1.82, 2.24) is 15.5 Å². The van der Waals surface area contributed by atoms with Gasteiger partial charge in [-0.3, -0.25) is 19.2 Å². The van der Waals surface area contributed by atoms with E-state index in [4.69, 9.17) is 9.47 Å². The predicted molar refractivity (Wildman–Crippen MR) is 262 cm³/mol. The largest absolute Gasteiger partial charge is 0.380 e. The predicted octanol–water partition coefficient (Wildman–Crippen LogP) is 8.28. The van der Waals surface area contributed by atoms with Gasteiger partial charge < -0.3 is 25.0 Å². The molecular weight excluding hydrogens is 851 g/mol. The minimum Gasteiger partial charge on any atom is -0.380 e. The van der Waals surface area contributed by atoms with Crippen molar-refractivity contribution in [2.75, 3.05) is 33.6 Å². The molecule has 0 bridgehead atoms. The molecule has 3 fully saturated rings. The van der Waals surface area contributed by atoms with Gasteiger partial charge in [0, 0.05) is 44.4 Å². The van der Waals surface area contributed by atoms with Gasteiger partial charge in [-0.25, -0.2) is 8.42 Å². The van der Waals surface area contributed by atoms with E-state index in [1.807, 2.05) is 95.0 Å². The smallest absolute Gasteiger partial charge is 0.237 e. The van der Waals surface area contributed by atoms with E-state index in [0.717, 1.165) is 43.2 Å². The minimum absolute atomic E-state index is 0.00123. The highest BCUT2D eigenvalue weighted by atomic mass is 32.2. The molecule has 12 heteroatoms. The summed E-state index contributed by atoms with van der Waals surface area (Å²) in [5, 5.41) is 6.15. The molecule has 0 spiro atoms. The van der Waals surface area contributed by atoms with Crippen LogP contribution in [-0.2, 0) is 50.7 Å². The molecule has 1 heterocycles. The Morgan fingerprint density at radius 2 is 1.45 bits per heavy atom. The van der Waals surface area contributed by atoms with Gasteiger partial charge in [-0.2, -0.15) is 0 Å². The van der Waals surface area contributed by atoms with Crippen LogP contribution in [0.4, 0.5) is 0 Å². The van der Waals surface area contributed by atoms with Crippen LogP contribution < -0.4 is 10.6 Å². The zero-order valence-corrected chi connectivity index (χ0v) is 42.8. The summed E-state index contributed by atoms with van der Waals surface area (Å²) < 4.78 is 39.7. The SMILES string of the molecule is CC[C@H](C)[C@@]1([C@@H](CC(=O)N2CCC[C@H]2[C@H](OC)[C@@H](C)C(=O)CC[C@H]2C[C@@]2(Cc2ccccc2)CS(=O)(=O)Cc2ccccc2)OC)C[C@@H]1CC(C)C(=O)[C@@H](NC(=O)[C@@H](NC)C(C)C)C(C)C. The summed E-state index contributed by atoms with van der Waals surface area (Å²) >= 11 is 0. The molecule has 368 valence electrons. The first-order chi connectivity index (χ1) is 31.3. The number of likely N-dealkylation sites (N-methyl/N-ethyl adjacent to an activating group) is 1. The lowest BCUT2D eigenvalue weighted by Crippen LogP contribution is -2.54. The van der Waals surface area contributed by atoms with Crippen molar-refractivity contribution >= 4 is 33.2 Å². The van der Waals surface area contributed by atoms with Crippen LogP contribution in [0.1, 0.15) is 124 Å². The third-order valence-electron chi connectivity index (χ3n) is 16.1. The molecule has 2 amide bonds. The minimum atomic E-state index is -3.41. The zero-order chi connectivity index (χ0) is 48.6. The molecule has 5 rings (SSSR count). The second-order valence-corrected chi connectivity index (χ2v) is 23.3. The molecule has 2 aliphatic carbocycles. The highest BCUT2D eigenvalue weighted by molar-refractivity contribution is 7.90. The molecule has 0 radical (unpaired) electrons.